The van der Waals surface area contributed by atoms with Crippen molar-refractivity contribution in [1.82, 2.24) is 3.97 Å². The van der Waals surface area contributed by atoms with Gasteiger partial charge in [0.15, 0.2) is 0 Å². The first-order chi connectivity index (χ1) is 8.43. The van der Waals surface area contributed by atoms with Gasteiger partial charge in [-0.05, 0) is 24.6 Å². The van der Waals surface area contributed by atoms with Crippen molar-refractivity contribution >= 4 is 16.0 Å². The Bertz CT molecular complexity index is 686. The molecule has 1 aromatic heterocycles. The van der Waals surface area contributed by atoms with Crippen LogP contribution in [0.5, 0.6) is 0 Å². The van der Waals surface area contributed by atoms with E-state index in [0.29, 0.717) is 5.56 Å². The quantitative estimate of drug-likeness (QED) is 0.917. The number of hydrogen-bond acceptors (Lipinski definition) is 3. The van der Waals surface area contributed by atoms with Gasteiger partial charge in [-0.1, -0.05) is 18.2 Å². The van der Waals surface area contributed by atoms with Crippen LogP contribution < -0.4 is 0 Å². The summed E-state index contributed by atoms with van der Waals surface area (Å²) in [7, 11) is -3.72. The number of aromatic nitrogens is 1. The zero-order valence-electron chi connectivity index (χ0n) is 9.57. The zero-order valence-corrected chi connectivity index (χ0v) is 10.4. The van der Waals surface area contributed by atoms with Crippen molar-refractivity contribution in [2.45, 2.75) is 11.8 Å². The predicted molar refractivity (Wildman–Crippen MR) is 65.2 cm³/mol. The number of carboxylic acid groups (broad SMARTS) is 1. The van der Waals surface area contributed by atoms with E-state index >= 15 is 0 Å². The van der Waals surface area contributed by atoms with Crippen molar-refractivity contribution in [2.24, 2.45) is 0 Å². The molecule has 0 unspecified atom stereocenters. The lowest BCUT2D eigenvalue weighted by molar-refractivity contribution is 0.0696. The first kappa shape index (κ1) is 12.4. The van der Waals surface area contributed by atoms with E-state index in [1.807, 2.05) is 0 Å². The van der Waals surface area contributed by atoms with Crippen LogP contribution in [-0.4, -0.2) is 23.5 Å². The molecule has 6 heteroatoms. The van der Waals surface area contributed by atoms with Gasteiger partial charge in [0.25, 0.3) is 10.0 Å². The van der Waals surface area contributed by atoms with Crippen LogP contribution in [0.1, 0.15) is 15.9 Å². The number of hydrogen-bond donors (Lipinski definition) is 1. The van der Waals surface area contributed by atoms with Crippen LogP contribution in [0.4, 0.5) is 0 Å². The van der Waals surface area contributed by atoms with Crippen LogP contribution in [0.3, 0.4) is 0 Å². The van der Waals surface area contributed by atoms with E-state index in [0.717, 1.165) is 10.2 Å². The van der Waals surface area contributed by atoms with Crippen LogP contribution in [-0.2, 0) is 10.0 Å². The monoisotopic (exact) mass is 265 g/mol. The van der Waals surface area contributed by atoms with Crippen molar-refractivity contribution in [3.8, 4) is 0 Å². The maximum Gasteiger partial charge on any atom is 0.337 e. The molecule has 18 heavy (non-hydrogen) atoms. The lowest BCUT2D eigenvalue weighted by atomic mass is 10.2. The van der Waals surface area contributed by atoms with E-state index in [-0.39, 0.29) is 10.5 Å². The Hall–Kier alpha value is -2.08. The normalized spacial score (nSPS) is 11.4. The molecule has 0 saturated carbocycles. The van der Waals surface area contributed by atoms with Crippen LogP contribution in [0.25, 0.3) is 0 Å². The van der Waals surface area contributed by atoms with Crippen LogP contribution in [0.15, 0.2) is 47.6 Å². The zero-order chi connectivity index (χ0) is 13.3. The SMILES string of the molecule is Cc1cn(S(=O)(=O)c2ccccc2)cc1C(=O)O. The second kappa shape index (κ2) is 4.30. The fourth-order valence-corrected chi connectivity index (χ4v) is 2.89. The standard InChI is InChI=1S/C12H11NO4S/c1-9-7-13(8-11(9)12(14)15)18(16,17)10-5-3-2-4-6-10/h2-8H,1H3,(H,14,15). The Kier molecular flexibility index (Phi) is 2.96. The summed E-state index contributed by atoms with van der Waals surface area (Å²) in [6.07, 6.45) is 2.41. The third-order valence-electron chi connectivity index (χ3n) is 2.55. The maximum absolute atomic E-state index is 12.2. The highest BCUT2D eigenvalue weighted by molar-refractivity contribution is 7.90. The van der Waals surface area contributed by atoms with Crippen molar-refractivity contribution in [3.05, 3.63) is 53.9 Å². The Balaban J connectivity index is 2.56. The summed E-state index contributed by atoms with van der Waals surface area (Å²) in [5, 5.41) is 8.91. The van der Waals surface area contributed by atoms with Gasteiger partial charge in [0, 0.05) is 12.4 Å². The first-order valence-electron chi connectivity index (χ1n) is 5.15. The van der Waals surface area contributed by atoms with Gasteiger partial charge in [0.05, 0.1) is 10.5 Å². The molecular weight excluding hydrogens is 254 g/mol. The largest absolute Gasteiger partial charge is 0.478 e. The molecule has 0 bridgehead atoms. The highest BCUT2D eigenvalue weighted by Crippen LogP contribution is 2.17. The number of carbonyl (C=O) groups is 1. The van der Waals surface area contributed by atoms with E-state index in [2.05, 4.69) is 0 Å². The fraction of sp³-hybridized carbons (Fsp3) is 0.0833. The van der Waals surface area contributed by atoms with Crippen LogP contribution in [0.2, 0.25) is 0 Å². The Morgan fingerprint density at radius 2 is 1.78 bits per heavy atom. The molecule has 0 fully saturated rings. The minimum absolute atomic E-state index is 0.0190. The van der Waals surface area contributed by atoms with Crippen LogP contribution in [0, 0.1) is 6.92 Å². The molecule has 0 aliphatic rings. The highest BCUT2D eigenvalue weighted by atomic mass is 32.2. The van der Waals surface area contributed by atoms with E-state index in [1.54, 1.807) is 25.1 Å². The predicted octanol–water partition coefficient (Wildman–Crippen LogP) is 1.73. The van der Waals surface area contributed by atoms with Gasteiger partial charge in [0.1, 0.15) is 0 Å². The van der Waals surface area contributed by atoms with Crippen molar-refractivity contribution in [3.63, 3.8) is 0 Å². The number of rotatable bonds is 3. The molecule has 0 radical (unpaired) electrons. The van der Waals surface area contributed by atoms with Gasteiger partial charge in [-0.25, -0.2) is 17.2 Å². The molecule has 0 aliphatic heterocycles. The van der Waals surface area contributed by atoms with Gasteiger partial charge >= 0.3 is 5.97 Å². The molecule has 1 aromatic carbocycles. The van der Waals surface area contributed by atoms with E-state index in [1.165, 1.54) is 18.3 Å². The topological polar surface area (TPSA) is 76.4 Å². The van der Waals surface area contributed by atoms with E-state index in [9.17, 15) is 13.2 Å². The summed E-state index contributed by atoms with van der Waals surface area (Å²) in [5.74, 6) is -1.14. The van der Waals surface area contributed by atoms with E-state index < -0.39 is 16.0 Å². The minimum Gasteiger partial charge on any atom is -0.478 e. The average molecular weight is 265 g/mol. The lowest BCUT2D eigenvalue weighted by Crippen LogP contribution is -2.10. The fourth-order valence-electron chi connectivity index (χ4n) is 1.60. The lowest BCUT2D eigenvalue weighted by Gasteiger charge is -2.04. The van der Waals surface area contributed by atoms with E-state index in [4.69, 9.17) is 5.11 Å². The number of nitrogens with zero attached hydrogens (tertiary/aromatic N) is 1. The third-order valence-corrected chi connectivity index (χ3v) is 4.18. The second-order valence-electron chi connectivity index (χ2n) is 3.81. The Labute approximate surface area is 104 Å². The van der Waals surface area contributed by atoms with Gasteiger partial charge in [0.2, 0.25) is 0 Å². The summed E-state index contributed by atoms with van der Waals surface area (Å²) in [5.41, 5.74) is 0.386. The maximum atomic E-state index is 12.2. The highest BCUT2D eigenvalue weighted by Gasteiger charge is 2.19. The smallest absolute Gasteiger partial charge is 0.337 e. The molecule has 0 amide bonds. The van der Waals surface area contributed by atoms with Crippen molar-refractivity contribution in [2.75, 3.05) is 0 Å². The molecule has 1 N–H and O–H groups in total. The Morgan fingerprint density at radius 3 is 2.28 bits per heavy atom. The van der Waals surface area contributed by atoms with Gasteiger partial charge in [-0.2, -0.15) is 0 Å². The minimum atomic E-state index is -3.72. The number of aromatic carboxylic acids is 1. The van der Waals surface area contributed by atoms with Gasteiger partial charge < -0.3 is 5.11 Å². The number of carboxylic acids is 1. The molecule has 0 saturated heterocycles. The first-order valence-corrected chi connectivity index (χ1v) is 6.59. The van der Waals surface area contributed by atoms with Crippen molar-refractivity contribution in [1.29, 1.82) is 0 Å². The summed E-state index contributed by atoms with van der Waals surface area (Å²) in [6.45, 7) is 1.56. The second-order valence-corrected chi connectivity index (χ2v) is 5.65. The van der Waals surface area contributed by atoms with Gasteiger partial charge in [-0.15, -0.1) is 0 Å². The molecular formula is C12H11NO4S. The Morgan fingerprint density at radius 1 is 1.17 bits per heavy atom. The average Bonchev–Trinajstić information content (AvgIpc) is 2.73. The molecule has 1 heterocycles. The molecule has 2 rings (SSSR count). The molecule has 5 nitrogen and oxygen atoms in total. The summed E-state index contributed by atoms with van der Waals surface area (Å²) < 4.78 is 25.3. The van der Waals surface area contributed by atoms with Gasteiger partial charge in [-0.3, -0.25) is 0 Å². The molecule has 94 valence electrons. The van der Waals surface area contributed by atoms with Crippen molar-refractivity contribution < 1.29 is 18.3 Å². The number of benzene rings is 1. The summed E-state index contributed by atoms with van der Waals surface area (Å²) in [6, 6.07) is 7.86. The summed E-state index contributed by atoms with van der Waals surface area (Å²) in [4.78, 5) is 11.0. The third kappa shape index (κ3) is 2.02. The molecule has 0 aliphatic carbocycles. The number of aryl methyl sites for hydroxylation is 1. The molecule has 0 atom stereocenters. The summed E-state index contributed by atoms with van der Waals surface area (Å²) >= 11 is 0. The molecule has 0 spiro atoms. The van der Waals surface area contributed by atoms with Crippen LogP contribution >= 0.6 is 0 Å². The molecule has 2 aromatic rings.